The summed E-state index contributed by atoms with van der Waals surface area (Å²) in [5.74, 6) is -0.258. The number of carbonyl (C=O) groups excluding carboxylic acids is 1. The lowest BCUT2D eigenvalue weighted by atomic mass is 10.2. The number of anilines is 1. The average molecular weight is 285 g/mol. The van der Waals surface area contributed by atoms with Crippen molar-refractivity contribution in [2.75, 3.05) is 11.9 Å². The number of nitrogens with one attached hydrogen (secondary N) is 2. The summed E-state index contributed by atoms with van der Waals surface area (Å²) in [4.78, 5) is 11.5. The maximum absolute atomic E-state index is 12.3. The number of aromatic amines is 1. The zero-order chi connectivity index (χ0) is 14.6. The lowest BCUT2D eigenvalue weighted by Crippen LogP contribution is -2.19. The van der Waals surface area contributed by atoms with Crippen molar-refractivity contribution in [3.05, 3.63) is 42.2 Å². The molecule has 2 aromatic rings. The van der Waals surface area contributed by atoms with E-state index in [0.717, 1.165) is 24.3 Å². The highest BCUT2D eigenvalue weighted by Gasteiger charge is 2.30. The van der Waals surface area contributed by atoms with Crippen LogP contribution in [0.15, 0.2) is 36.7 Å². The summed E-state index contributed by atoms with van der Waals surface area (Å²) < 4.78 is 42.1. The first-order valence-corrected chi connectivity index (χ1v) is 5.54. The van der Waals surface area contributed by atoms with Gasteiger partial charge in [-0.2, -0.15) is 18.3 Å². The molecule has 0 saturated heterocycles. The molecule has 0 spiro atoms. The van der Waals surface area contributed by atoms with Gasteiger partial charge in [0.15, 0.2) is 6.61 Å². The summed E-state index contributed by atoms with van der Waals surface area (Å²) in [6.07, 6.45) is -1.50. The number of ether oxygens (including phenoxy) is 1. The largest absolute Gasteiger partial charge is 0.484 e. The standard InChI is InChI=1S/C12H10F3N3O2/c13-12(14,15)8-1-3-10(4-2-8)20-7-11(19)18-9-5-16-17-6-9/h1-6H,7H2,(H,16,17)(H,18,19). The molecule has 0 fully saturated rings. The third kappa shape index (κ3) is 3.74. The van der Waals surface area contributed by atoms with Gasteiger partial charge in [-0.15, -0.1) is 0 Å². The predicted molar refractivity (Wildman–Crippen MR) is 64.2 cm³/mol. The van der Waals surface area contributed by atoms with E-state index in [9.17, 15) is 18.0 Å². The van der Waals surface area contributed by atoms with Crippen LogP contribution in [0.3, 0.4) is 0 Å². The van der Waals surface area contributed by atoms with Crippen LogP contribution in [0, 0.1) is 0 Å². The van der Waals surface area contributed by atoms with Crippen molar-refractivity contribution in [2.24, 2.45) is 0 Å². The second-order valence-corrected chi connectivity index (χ2v) is 3.85. The highest BCUT2D eigenvalue weighted by molar-refractivity contribution is 5.91. The molecule has 0 aliphatic rings. The molecule has 1 aromatic carbocycles. The molecule has 0 aliphatic carbocycles. The Kier molecular flexibility index (Phi) is 3.92. The van der Waals surface area contributed by atoms with Gasteiger partial charge in [-0.25, -0.2) is 0 Å². The molecule has 1 amide bonds. The summed E-state index contributed by atoms with van der Waals surface area (Å²) in [6, 6.07) is 4.11. The number of nitrogens with zero attached hydrogens (tertiary/aromatic N) is 1. The van der Waals surface area contributed by atoms with Crippen LogP contribution in [-0.4, -0.2) is 22.7 Å². The fourth-order valence-corrected chi connectivity index (χ4v) is 1.41. The lowest BCUT2D eigenvalue weighted by Gasteiger charge is -2.09. The fourth-order valence-electron chi connectivity index (χ4n) is 1.41. The van der Waals surface area contributed by atoms with Gasteiger partial charge in [0, 0.05) is 6.20 Å². The van der Waals surface area contributed by atoms with Crippen LogP contribution in [0.1, 0.15) is 5.56 Å². The van der Waals surface area contributed by atoms with Crippen LogP contribution in [0.25, 0.3) is 0 Å². The third-order valence-corrected chi connectivity index (χ3v) is 2.33. The highest BCUT2D eigenvalue weighted by atomic mass is 19.4. The summed E-state index contributed by atoms with van der Waals surface area (Å²) >= 11 is 0. The van der Waals surface area contributed by atoms with Gasteiger partial charge < -0.3 is 10.1 Å². The van der Waals surface area contributed by atoms with E-state index in [0.29, 0.717) is 5.69 Å². The molecule has 8 heteroatoms. The molecule has 0 atom stereocenters. The summed E-state index contributed by atoms with van der Waals surface area (Å²) in [6.45, 7) is -0.309. The fraction of sp³-hybridized carbons (Fsp3) is 0.167. The molecular formula is C12H10F3N3O2. The Morgan fingerprint density at radius 2 is 2.00 bits per heavy atom. The van der Waals surface area contributed by atoms with Crippen LogP contribution >= 0.6 is 0 Å². The second kappa shape index (κ2) is 5.64. The Morgan fingerprint density at radius 1 is 1.30 bits per heavy atom. The molecule has 0 aliphatic heterocycles. The Hall–Kier alpha value is -2.51. The van der Waals surface area contributed by atoms with Gasteiger partial charge in [-0.1, -0.05) is 0 Å². The third-order valence-electron chi connectivity index (χ3n) is 2.33. The van der Waals surface area contributed by atoms with E-state index in [1.54, 1.807) is 0 Å². The SMILES string of the molecule is O=C(COc1ccc(C(F)(F)F)cc1)Nc1cn[nH]c1. The quantitative estimate of drug-likeness (QED) is 0.906. The van der Waals surface area contributed by atoms with Gasteiger partial charge in [-0.05, 0) is 24.3 Å². The molecule has 2 N–H and O–H groups in total. The van der Waals surface area contributed by atoms with Crippen molar-refractivity contribution in [2.45, 2.75) is 6.18 Å². The topological polar surface area (TPSA) is 67.0 Å². The van der Waals surface area contributed by atoms with Crippen LogP contribution in [0.2, 0.25) is 0 Å². The van der Waals surface area contributed by atoms with E-state index < -0.39 is 17.6 Å². The maximum Gasteiger partial charge on any atom is 0.416 e. The molecule has 2 rings (SSSR count). The van der Waals surface area contributed by atoms with Gasteiger partial charge in [-0.3, -0.25) is 9.89 Å². The van der Waals surface area contributed by atoms with Gasteiger partial charge >= 0.3 is 6.18 Å². The predicted octanol–water partition coefficient (Wildman–Crippen LogP) is 2.45. The van der Waals surface area contributed by atoms with Gasteiger partial charge in [0.05, 0.1) is 17.4 Å². The molecule has 0 unspecified atom stereocenters. The van der Waals surface area contributed by atoms with Gasteiger partial charge in [0.1, 0.15) is 5.75 Å². The first kappa shape index (κ1) is 13.9. The van der Waals surface area contributed by atoms with Crippen molar-refractivity contribution in [3.63, 3.8) is 0 Å². The van der Waals surface area contributed by atoms with E-state index in [4.69, 9.17) is 4.74 Å². The van der Waals surface area contributed by atoms with Crippen molar-refractivity contribution >= 4 is 11.6 Å². The van der Waals surface area contributed by atoms with E-state index in [1.807, 2.05) is 0 Å². The molecule has 5 nitrogen and oxygen atoms in total. The summed E-state index contributed by atoms with van der Waals surface area (Å²) in [7, 11) is 0. The Balaban J connectivity index is 1.86. The smallest absolute Gasteiger partial charge is 0.416 e. The number of H-pyrrole nitrogens is 1. The van der Waals surface area contributed by atoms with Crippen LogP contribution in [-0.2, 0) is 11.0 Å². The zero-order valence-electron chi connectivity index (χ0n) is 10.1. The maximum atomic E-state index is 12.3. The Labute approximate surface area is 111 Å². The number of amides is 1. The molecular weight excluding hydrogens is 275 g/mol. The van der Waals surface area contributed by atoms with Crippen molar-refractivity contribution < 1.29 is 22.7 Å². The molecule has 1 aromatic heterocycles. The minimum absolute atomic E-state index is 0.181. The Bertz CT molecular complexity index is 565. The number of halogens is 3. The molecule has 1 heterocycles. The molecule has 20 heavy (non-hydrogen) atoms. The normalized spacial score (nSPS) is 11.2. The van der Waals surface area contributed by atoms with Crippen LogP contribution in [0.4, 0.5) is 18.9 Å². The van der Waals surface area contributed by atoms with Crippen molar-refractivity contribution in [1.29, 1.82) is 0 Å². The number of benzene rings is 1. The number of aromatic nitrogens is 2. The van der Waals surface area contributed by atoms with E-state index in [2.05, 4.69) is 15.5 Å². The first-order chi connectivity index (χ1) is 9.45. The Morgan fingerprint density at radius 3 is 2.55 bits per heavy atom. The summed E-state index contributed by atoms with van der Waals surface area (Å²) in [5, 5.41) is 8.65. The second-order valence-electron chi connectivity index (χ2n) is 3.85. The van der Waals surface area contributed by atoms with Gasteiger partial charge in [0.2, 0.25) is 0 Å². The van der Waals surface area contributed by atoms with Crippen molar-refractivity contribution in [1.82, 2.24) is 10.2 Å². The number of carbonyl (C=O) groups is 1. The first-order valence-electron chi connectivity index (χ1n) is 5.54. The molecule has 0 radical (unpaired) electrons. The zero-order valence-corrected chi connectivity index (χ0v) is 10.1. The number of rotatable bonds is 4. The van der Waals surface area contributed by atoms with Crippen LogP contribution < -0.4 is 10.1 Å². The monoisotopic (exact) mass is 285 g/mol. The van der Waals surface area contributed by atoms with Crippen molar-refractivity contribution in [3.8, 4) is 5.75 Å². The molecule has 0 bridgehead atoms. The summed E-state index contributed by atoms with van der Waals surface area (Å²) in [5.41, 5.74) is -0.293. The minimum Gasteiger partial charge on any atom is -0.484 e. The van der Waals surface area contributed by atoms with Gasteiger partial charge in [0.25, 0.3) is 5.91 Å². The minimum atomic E-state index is -4.39. The van der Waals surface area contributed by atoms with E-state index >= 15 is 0 Å². The molecule has 0 saturated carbocycles. The number of hydrogen-bond acceptors (Lipinski definition) is 3. The van der Waals surface area contributed by atoms with Crippen LogP contribution in [0.5, 0.6) is 5.75 Å². The highest BCUT2D eigenvalue weighted by Crippen LogP contribution is 2.30. The van der Waals surface area contributed by atoms with E-state index in [-0.39, 0.29) is 12.4 Å². The number of alkyl halides is 3. The number of hydrogen-bond donors (Lipinski definition) is 2. The average Bonchev–Trinajstić information content (AvgIpc) is 2.88. The lowest BCUT2D eigenvalue weighted by molar-refractivity contribution is -0.137. The molecule has 106 valence electrons. The van der Waals surface area contributed by atoms with E-state index in [1.165, 1.54) is 12.4 Å².